The minimum Gasteiger partial charge on any atom is -0.486 e. The topological polar surface area (TPSA) is 83.4 Å². The fraction of sp³-hybridized carbons (Fsp3) is 0.333. The Morgan fingerprint density at radius 2 is 2.07 bits per heavy atom. The van der Waals surface area contributed by atoms with Crippen LogP contribution in [0.3, 0.4) is 0 Å². The van der Waals surface area contributed by atoms with Crippen LogP contribution in [0.2, 0.25) is 0 Å². The van der Waals surface area contributed by atoms with Gasteiger partial charge in [0.25, 0.3) is 5.91 Å². The number of carbonyl (C=O) groups excluding carboxylic acids is 1. The van der Waals surface area contributed by atoms with Crippen LogP contribution in [0.1, 0.15) is 39.6 Å². The van der Waals surface area contributed by atoms with Gasteiger partial charge in [0.1, 0.15) is 18.1 Å². The summed E-state index contributed by atoms with van der Waals surface area (Å²) in [5, 5.41) is 9.73. The van der Waals surface area contributed by atoms with Gasteiger partial charge in [-0.15, -0.1) is 0 Å². The summed E-state index contributed by atoms with van der Waals surface area (Å²) in [6, 6.07) is 11.4. The zero-order valence-corrected chi connectivity index (χ0v) is 16.1. The minimum atomic E-state index is -0.341. The lowest BCUT2D eigenvalue weighted by Crippen LogP contribution is -2.11. The van der Waals surface area contributed by atoms with E-state index in [9.17, 15) is 4.79 Å². The smallest absolute Gasteiger partial charge is 0.292 e. The molecular weight excluding hydrogens is 356 g/mol. The summed E-state index contributed by atoms with van der Waals surface area (Å²) in [6.45, 7) is 0.995. The van der Waals surface area contributed by atoms with Gasteiger partial charge in [0.2, 0.25) is 0 Å². The number of aryl methyl sites for hydroxylation is 2. The van der Waals surface area contributed by atoms with Crippen LogP contribution >= 0.6 is 0 Å². The molecule has 7 nitrogen and oxygen atoms in total. The van der Waals surface area contributed by atoms with Gasteiger partial charge in [-0.25, -0.2) is 0 Å². The van der Waals surface area contributed by atoms with Gasteiger partial charge in [-0.3, -0.25) is 9.89 Å². The van der Waals surface area contributed by atoms with Crippen LogP contribution < -0.4 is 10.1 Å². The van der Waals surface area contributed by atoms with Crippen molar-refractivity contribution in [3.63, 3.8) is 0 Å². The second kappa shape index (κ2) is 7.90. The average molecular weight is 380 g/mol. The lowest BCUT2D eigenvalue weighted by Gasteiger charge is -2.06. The molecule has 0 fully saturated rings. The van der Waals surface area contributed by atoms with Crippen LogP contribution in [-0.2, 0) is 26.0 Å². The molecule has 1 aliphatic rings. The van der Waals surface area contributed by atoms with Crippen molar-refractivity contribution in [1.82, 2.24) is 15.1 Å². The summed E-state index contributed by atoms with van der Waals surface area (Å²) in [6.07, 6.45) is 3.47. The summed E-state index contributed by atoms with van der Waals surface area (Å²) < 4.78 is 11.4. The molecule has 1 aromatic carbocycles. The fourth-order valence-corrected chi connectivity index (χ4v) is 3.40. The van der Waals surface area contributed by atoms with E-state index in [2.05, 4.69) is 27.6 Å². The molecule has 1 amide bonds. The molecule has 2 heterocycles. The zero-order valence-electron chi connectivity index (χ0n) is 16.1. The summed E-state index contributed by atoms with van der Waals surface area (Å²) in [7, 11) is 3.93. The molecule has 0 radical (unpaired) electrons. The highest BCUT2D eigenvalue weighted by atomic mass is 16.5. The standard InChI is InChI=1S/C21H24N4O3/c1-25(2)12-16-11-20(24-23-16)22-21(26)19-9-8-18(28-19)13-27-17-7-6-14-4-3-5-15(14)10-17/h6-11H,3-5,12-13H2,1-2H3,(H2,22,23,24,26). The van der Waals surface area contributed by atoms with Gasteiger partial charge in [0, 0.05) is 12.6 Å². The Bertz CT molecular complexity index is 974. The normalized spacial score (nSPS) is 13.0. The molecule has 0 aliphatic heterocycles. The monoisotopic (exact) mass is 380 g/mol. The number of carbonyl (C=O) groups is 1. The van der Waals surface area contributed by atoms with E-state index in [0.29, 0.717) is 18.1 Å². The molecule has 1 aliphatic carbocycles. The van der Waals surface area contributed by atoms with Crippen molar-refractivity contribution in [3.05, 3.63) is 64.7 Å². The van der Waals surface area contributed by atoms with Crippen LogP contribution in [0, 0.1) is 0 Å². The molecule has 146 valence electrons. The van der Waals surface area contributed by atoms with E-state index in [1.54, 1.807) is 18.2 Å². The molecule has 2 aromatic heterocycles. The van der Waals surface area contributed by atoms with Gasteiger partial charge >= 0.3 is 0 Å². The zero-order chi connectivity index (χ0) is 19.5. The number of fused-ring (bicyclic) bond motifs is 1. The van der Waals surface area contributed by atoms with Crippen molar-refractivity contribution in [3.8, 4) is 5.75 Å². The fourth-order valence-electron chi connectivity index (χ4n) is 3.40. The maximum Gasteiger partial charge on any atom is 0.292 e. The first-order chi connectivity index (χ1) is 13.6. The van der Waals surface area contributed by atoms with Crippen molar-refractivity contribution in [2.24, 2.45) is 0 Å². The number of nitrogens with one attached hydrogen (secondary N) is 2. The number of rotatable bonds is 7. The number of aromatic nitrogens is 2. The Balaban J connectivity index is 1.33. The van der Waals surface area contributed by atoms with Gasteiger partial charge in [-0.2, -0.15) is 5.10 Å². The second-order valence-electron chi connectivity index (χ2n) is 7.31. The maximum atomic E-state index is 12.4. The van der Waals surface area contributed by atoms with E-state index in [0.717, 1.165) is 24.3 Å². The number of hydrogen-bond acceptors (Lipinski definition) is 5. The first kappa shape index (κ1) is 18.3. The highest BCUT2D eigenvalue weighted by Gasteiger charge is 2.15. The molecule has 0 unspecified atom stereocenters. The number of nitrogens with zero attached hydrogens (tertiary/aromatic N) is 2. The molecule has 3 aromatic rings. The van der Waals surface area contributed by atoms with E-state index in [1.807, 2.05) is 25.1 Å². The number of hydrogen-bond donors (Lipinski definition) is 2. The third-order valence-corrected chi connectivity index (χ3v) is 4.70. The Kier molecular flexibility index (Phi) is 5.16. The molecule has 7 heteroatoms. The molecule has 0 bridgehead atoms. The summed E-state index contributed by atoms with van der Waals surface area (Å²) in [5.74, 6) is 1.78. The van der Waals surface area contributed by atoms with E-state index >= 15 is 0 Å². The van der Waals surface area contributed by atoms with E-state index < -0.39 is 0 Å². The summed E-state index contributed by atoms with van der Waals surface area (Å²) in [4.78, 5) is 14.4. The predicted octanol–water partition coefficient (Wildman–Crippen LogP) is 3.38. The largest absolute Gasteiger partial charge is 0.486 e. The quantitative estimate of drug-likeness (QED) is 0.656. The molecule has 2 N–H and O–H groups in total. The Hall–Kier alpha value is -3.06. The second-order valence-corrected chi connectivity index (χ2v) is 7.31. The number of aromatic amines is 1. The SMILES string of the molecule is CN(C)Cc1cc(NC(=O)c2ccc(COc3ccc4c(c3)CCC4)o2)n[nH]1. The third kappa shape index (κ3) is 4.26. The van der Waals surface area contributed by atoms with Crippen molar-refractivity contribution in [2.45, 2.75) is 32.4 Å². The van der Waals surface area contributed by atoms with Gasteiger partial charge in [0.15, 0.2) is 11.6 Å². The Morgan fingerprint density at radius 1 is 1.21 bits per heavy atom. The average Bonchev–Trinajstić information content (AvgIpc) is 3.40. The summed E-state index contributed by atoms with van der Waals surface area (Å²) >= 11 is 0. The van der Waals surface area contributed by atoms with Gasteiger partial charge in [-0.05, 0) is 68.8 Å². The number of furan rings is 1. The molecular formula is C21H24N4O3. The molecule has 0 saturated carbocycles. The van der Waals surface area contributed by atoms with E-state index in [4.69, 9.17) is 9.15 Å². The molecule has 28 heavy (non-hydrogen) atoms. The van der Waals surface area contributed by atoms with Crippen molar-refractivity contribution < 1.29 is 13.9 Å². The van der Waals surface area contributed by atoms with Crippen molar-refractivity contribution >= 4 is 11.7 Å². The van der Waals surface area contributed by atoms with Crippen LogP contribution in [0.15, 0.2) is 40.8 Å². The van der Waals surface area contributed by atoms with Crippen LogP contribution in [0.4, 0.5) is 5.82 Å². The first-order valence-corrected chi connectivity index (χ1v) is 9.40. The minimum absolute atomic E-state index is 0.227. The lowest BCUT2D eigenvalue weighted by atomic mass is 10.1. The van der Waals surface area contributed by atoms with Crippen LogP contribution in [0.25, 0.3) is 0 Å². The highest BCUT2D eigenvalue weighted by Crippen LogP contribution is 2.26. The third-order valence-electron chi connectivity index (χ3n) is 4.70. The van der Waals surface area contributed by atoms with Crippen LogP contribution in [-0.4, -0.2) is 35.1 Å². The highest BCUT2D eigenvalue weighted by molar-refractivity contribution is 6.01. The van der Waals surface area contributed by atoms with Crippen LogP contribution in [0.5, 0.6) is 5.75 Å². The molecule has 0 atom stereocenters. The van der Waals surface area contributed by atoms with Gasteiger partial charge in [0.05, 0.1) is 5.69 Å². The van der Waals surface area contributed by atoms with Crippen molar-refractivity contribution in [1.29, 1.82) is 0 Å². The first-order valence-electron chi connectivity index (χ1n) is 9.40. The summed E-state index contributed by atoms with van der Waals surface area (Å²) in [5.41, 5.74) is 3.70. The van der Waals surface area contributed by atoms with Gasteiger partial charge in [-0.1, -0.05) is 6.07 Å². The number of anilines is 1. The van der Waals surface area contributed by atoms with E-state index in [1.165, 1.54) is 17.5 Å². The van der Waals surface area contributed by atoms with E-state index in [-0.39, 0.29) is 18.3 Å². The number of amides is 1. The van der Waals surface area contributed by atoms with Gasteiger partial charge < -0.3 is 19.4 Å². The molecule has 4 rings (SSSR count). The Morgan fingerprint density at radius 3 is 2.93 bits per heavy atom. The predicted molar refractivity (Wildman–Crippen MR) is 105 cm³/mol. The molecule has 0 saturated heterocycles. The lowest BCUT2D eigenvalue weighted by molar-refractivity contribution is 0.0992. The number of benzene rings is 1. The maximum absolute atomic E-state index is 12.4. The number of H-pyrrole nitrogens is 1. The Labute approximate surface area is 163 Å². The number of ether oxygens (including phenoxy) is 1. The van der Waals surface area contributed by atoms with Crippen molar-refractivity contribution in [2.75, 3.05) is 19.4 Å². The molecule has 0 spiro atoms.